The minimum Gasteiger partial charge on any atom is -0.366 e. The summed E-state index contributed by atoms with van der Waals surface area (Å²) in [5.41, 5.74) is 10.1. The molecule has 3 N–H and O–H groups in total. The molecule has 0 saturated heterocycles. The van der Waals surface area contributed by atoms with Gasteiger partial charge in [0.15, 0.2) is 0 Å². The predicted molar refractivity (Wildman–Crippen MR) is 125 cm³/mol. The summed E-state index contributed by atoms with van der Waals surface area (Å²) in [4.78, 5) is 17.0. The molecule has 0 saturated carbocycles. The Morgan fingerprint density at radius 3 is 2.58 bits per heavy atom. The van der Waals surface area contributed by atoms with Crippen LogP contribution in [0.5, 0.6) is 0 Å². The van der Waals surface area contributed by atoms with Gasteiger partial charge in [0.25, 0.3) is 0 Å². The molecule has 1 amide bonds. The van der Waals surface area contributed by atoms with Crippen LogP contribution in [-0.4, -0.2) is 20.7 Å². The molecule has 1 aromatic heterocycles. The number of carbonyl (C=O) groups is 1. The highest BCUT2D eigenvalue weighted by atomic mass is 35.5. The summed E-state index contributed by atoms with van der Waals surface area (Å²) in [6.07, 6.45) is 0. The van der Waals surface area contributed by atoms with E-state index >= 15 is 0 Å². The fourth-order valence-electron chi connectivity index (χ4n) is 3.64. The highest BCUT2D eigenvalue weighted by molar-refractivity contribution is 7.98. The molecule has 0 spiro atoms. The molecule has 2 heterocycles. The summed E-state index contributed by atoms with van der Waals surface area (Å²) in [5, 5.41) is 9.20. The van der Waals surface area contributed by atoms with Crippen molar-refractivity contribution in [1.82, 2.24) is 14.8 Å². The molecule has 4 rings (SSSR count). The molecular weight excluding hydrogens is 430 g/mol. The Labute approximate surface area is 190 Å². The van der Waals surface area contributed by atoms with Gasteiger partial charge >= 0.3 is 0 Å². The van der Waals surface area contributed by atoms with E-state index in [2.05, 4.69) is 36.3 Å². The lowest BCUT2D eigenvalue weighted by Crippen LogP contribution is -2.31. The zero-order valence-corrected chi connectivity index (χ0v) is 19.2. The number of benzene rings is 2. The third-order valence-corrected chi connectivity index (χ3v) is 6.59. The maximum absolute atomic E-state index is 12.3. The molecule has 3 aromatic rings. The van der Waals surface area contributed by atoms with Crippen LogP contribution >= 0.6 is 23.4 Å². The maximum atomic E-state index is 12.3. The first kappa shape index (κ1) is 21.5. The van der Waals surface area contributed by atoms with E-state index in [0.717, 1.165) is 11.1 Å². The van der Waals surface area contributed by atoms with Gasteiger partial charge < -0.3 is 11.1 Å². The highest BCUT2D eigenvalue weighted by Crippen LogP contribution is 2.37. The van der Waals surface area contributed by atoms with Crippen molar-refractivity contribution in [3.05, 3.63) is 81.5 Å². The topological polar surface area (TPSA) is 85.8 Å². The first-order chi connectivity index (χ1) is 14.8. The van der Waals surface area contributed by atoms with E-state index in [4.69, 9.17) is 22.4 Å². The summed E-state index contributed by atoms with van der Waals surface area (Å²) in [6, 6.07) is 15.5. The number of anilines is 1. The number of allylic oxidation sites excluding steroid dienone is 1. The number of amides is 1. The zero-order valence-electron chi connectivity index (χ0n) is 17.6. The van der Waals surface area contributed by atoms with Crippen LogP contribution in [0.15, 0.2) is 65.0 Å². The molecule has 6 nitrogen and oxygen atoms in total. The molecule has 0 fully saturated rings. The Balaban J connectivity index is 1.69. The maximum Gasteiger partial charge on any atom is 0.248 e. The van der Waals surface area contributed by atoms with Crippen molar-refractivity contribution in [3.63, 3.8) is 0 Å². The number of carbonyl (C=O) groups excluding carboxylic acids is 1. The van der Waals surface area contributed by atoms with Crippen molar-refractivity contribution in [1.29, 1.82) is 0 Å². The third-order valence-electron chi connectivity index (χ3n) is 5.33. The fraction of sp³-hybridized carbons (Fsp3) is 0.261. The van der Waals surface area contributed by atoms with Gasteiger partial charge in [-0.15, -0.1) is 5.10 Å². The molecule has 1 aliphatic rings. The number of hydrogen-bond acceptors (Lipinski definition) is 5. The molecule has 0 bridgehead atoms. The normalized spacial score (nSPS) is 15.7. The average Bonchev–Trinajstić information content (AvgIpc) is 3.14. The molecule has 2 aromatic carbocycles. The lowest BCUT2D eigenvalue weighted by Gasteiger charge is -2.27. The number of nitrogens with two attached hydrogens (primary N) is 1. The summed E-state index contributed by atoms with van der Waals surface area (Å²) in [7, 11) is 0. The van der Waals surface area contributed by atoms with Crippen molar-refractivity contribution >= 4 is 35.2 Å². The molecule has 0 radical (unpaired) electrons. The molecule has 160 valence electrons. The van der Waals surface area contributed by atoms with Crippen molar-refractivity contribution in [2.24, 2.45) is 5.73 Å². The van der Waals surface area contributed by atoms with Crippen molar-refractivity contribution < 1.29 is 4.79 Å². The summed E-state index contributed by atoms with van der Waals surface area (Å²) in [6.45, 7) is 6.14. The monoisotopic (exact) mass is 453 g/mol. The number of hydrogen-bond donors (Lipinski definition) is 2. The van der Waals surface area contributed by atoms with E-state index in [1.807, 2.05) is 43.3 Å². The van der Waals surface area contributed by atoms with E-state index in [0.29, 0.717) is 39.1 Å². The van der Waals surface area contributed by atoms with E-state index in [9.17, 15) is 4.79 Å². The molecule has 1 unspecified atom stereocenters. The van der Waals surface area contributed by atoms with Crippen LogP contribution in [0, 0.1) is 0 Å². The van der Waals surface area contributed by atoms with Gasteiger partial charge in [0, 0.05) is 16.5 Å². The average molecular weight is 454 g/mol. The second-order valence-corrected chi connectivity index (χ2v) is 9.14. The Morgan fingerprint density at radius 1 is 1.23 bits per heavy atom. The predicted octanol–water partition coefficient (Wildman–Crippen LogP) is 5.12. The van der Waals surface area contributed by atoms with Gasteiger partial charge in [0.2, 0.25) is 17.0 Å². The van der Waals surface area contributed by atoms with Crippen LogP contribution in [-0.2, 0) is 10.5 Å². The number of thioether (sulfide) groups is 1. The summed E-state index contributed by atoms with van der Waals surface area (Å²) < 4.78 is 1.74. The van der Waals surface area contributed by atoms with Crippen LogP contribution < -0.4 is 11.1 Å². The summed E-state index contributed by atoms with van der Waals surface area (Å²) >= 11 is 7.77. The van der Waals surface area contributed by atoms with E-state index in [1.165, 1.54) is 17.3 Å². The molecule has 1 atom stereocenters. The first-order valence-corrected chi connectivity index (χ1v) is 11.4. The molecule has 1 aliphatic heterocycles. The quantitative estimate of drug-likeness (QED) is 0.506. The molecule has 8 heteroatoms. The van der Waals surface area contributed by atoms with Gasteiger partial charge in [-0.3, -0.25) is 4.79 Å². The molecule has 0 aliphatic carbocycles. The number of halogens is 1. The van der Waals surface area contributed by atoms with Gasteiger partial charge in [0.05, 0.1) is 5.57 Å². The number of nitrogens with one attached hydrogen (secondary N) is 1. The number of primary amides is 1. The van der Waals surface area contributed by atoms with Crippen molar-refractivity contribution in [2.45, 2.75) is 43.6 Å². The van der Waals surface area contributed by atoms with E-state index < -0.39 is 11.9 Å². The first-order valence-electron chi connectivity index (χ1n) is 10.1. The van der Waals surface area contributed by atoms with Crippen LogP contribution in [0.2, 0.25) is 5.02 Å². The molecule has 31 heavy (non-hydrogen) atoms. The van der Waals surface area contributed by atoms with Crippen molar-refractivity contribution in [3.8, 4) is 0 Å². The number of rotatable bonds is 6. The van der Waals surface area contributed by atoms with Gasteiger partial charge in [0.1, 0.15) is 6.04 Å². The Morgan fingerprint density at radius 2 is 1.94 bits per heavy atom. The van der Waals surface area contributed by atoms with Crippen molar-refractivity contribution in [2.75, 3.05) is 5.32 Å². The largest absolute Gasteiger partial charge is 0.366 e. The smallest absolute Gasteiger partial charge is 0.248 e. The third kappa shape index (κ3) is 4.34. The number of fused-ring (bicyclic) bond motifs is 1. The number of aromatic nitrogens is 3. The van der Waals surface area contributed by atoms with E-state index in [1.54, 1.807) is 4.68 Å². The Bertz CT molecular complexity index is 1150. The van der Waals surface area contributed by atoms with Gasteiger partial charge in [-0.1, -0.05) is 79.7 Å². The zero-order chi connectivity index (χ0) is 22.1. The lowest BCUT2D eigenvalue weighted by atomic mass is 9.93. The fourth-order valence-corrected chi connectivity index (χ4v) is 4.76. The van der Waals surface area contributed by atoms with Crippen LogP contribution in [0.3, 0.4) is 0 Å². The van der Waals surface area contributed by atoms with Gasteiger partial charge in [-0.25, -0.2) is 4.68 Å². The second-order valence-electron chi connectivity index (χ2n) is 7.79. The minimum atomic E-state index is -0.477. The Hall–Kier alpha value is -2.77. The standard InChI is InChI=1S/C23H24ClN5OS/c1-13(2)15-8-10-16(11-9-15)20-19(21(25)30)14(3)26-22-27-23(28-29(20)22)31-12-17-6-4-5-7-18(17)24/h4-11,13,20H,12H2,1-3H3,(H2,25,30)(H,26,27,28). The summed E-state index contributed by atoms with van der Waals surface area (Å²) in [5.74, 6) is 1.17. The number of nitrogens with zero attached hydrogens (tertiary/aromatic N) is 3. The highest BCUT2D eigenvalue weighted by Gasteiger charge is 2.33. The van der Waals surface area contributed by atoms with Crippen LogP contribution in [0.25, 0.3) is 0 Å². The molecular formula is C23H24ClN5OS. The van der Waals surface area contributed by atoms with Gasteiger partial charge in [-0.05, 0) is 35.6 Å². The SMILES string of the molecule is CC1=C(C(N)=O)C(c2ccc(C(C)C)cc2)n2nc(SCc3ccccc3Cl)nc2N1. The lowest BCUT2D eigenvalue weighted by molar-refractivity contribution is -0.115. The second kappa shape index (κ2) is 8.77. The van der Waals surface area contributed by atoms with Gasteiger partial charge in [-0.2, -0.15) is 4.98 Å². The van der Waals surface area contributed by atoms with Crippen LogP contribution in [0.1, 0.15) is 49.4 Å². The van der Waals surface area contributed by atoms with Crippen LogP contribution in [0.4, 0.5) is 5.95 Å². The van der Waals surface area contributed by atoms with E-state index in [-0.39, 0.29) is 0 Å². The Kier molecular flexibility index (Phi) is 6.07. The minimum absolute atomic E-state index is 0.421.